The lowest BCUT2D eigenvalue weighted by Crippen LogP contribution is -2.33. The van der Waals surface area contributed by atoms with Crippen LogP contribution in [0.25, 0.3) is 0 Å². The Balaban J connectivity index is 2.49. The van der Waals surface area contributed by atoms with Crippen molar-refractivity contribution in [3.63, 3.8) is 0 Å². The van der Waals surface area contributed by atoms with E-state index in [1.165, 1.54) is 0 Å². The number of carbonyl (C=O) groups is 2. The number of ether oxygens (including phenoxy) is 1. The number of hydrogen-bond donors (Lipinski definition) is 1. The molecule has 0 saturated heterocycles. The lowest BCUT2D eigenvalue weighted by atomic mass is 10.0. The summed E-state index contributed by atoms with van der Waals surface area (Å²) in [5, 5.41) is 2.50. The molecule has 1 N–H and O–H groups in total. The number of benzene rings is 1. The number of hydrogen-bond acceptors (Lipinski definition) is 3. The van der Waals surface area contributed by atoms with E-state index in [1.54, 1.807) is 13.8 Å². The van der Waals surface area contributed by atoms with E-state index in [1.807, 2.05) is 37.3 Å². The van der Waals surface area contributed by atoms with Crippen molar-refractivity contribution in [1.82, 2.24) is 5.32 Å². The van der Waals surface area contributed by atoms with Crippen LogP contribution in [0.15, 0.2) is 42.6 Å². The summed E-state index contributed by atoms with van der Waals surface area (Å²) < 4.78 is 4.96. The topological polar surface area (TPSA) is 55.4 Å². The maximum Gasteiger partial charge on any atom is 0.354 e. The predicted molar refractivity (Wildman–Crippen MR) is 77.8 cm³/mol. The molecule has 0 heterocycles. The smallest absolute Gasteiger partial charge is 0.354 e. The fourth-order valence-corrected chi connectivity index (χ4v) is 1.67. The molecule has 0 radical (unpaired) electrons. The van der Waals surface area contributed by atoms with E-state index in [9.17, 15) is 9.59 Å². The molecule has 1 aromatic rings. The van der Waals surface area contributed by atoms with Gasteiger partial charge in [0.05, 0.1) is 6.10 Å². The van der Waals surface area contributed by atoms with Gasteiger partial charge in [-0.05, 0) is 25.8 Å². The minimum Gasteiger partial charge on any atom is -0.458 e. The monoisotopic (exact) mass is 275 g/mol. The van der Waals surface area contributed by atoms with E-state index in [-0.39, 0.29) is 23.6 Å². The Hall–Kier alpha value is -2.10. The molecule has 1 aromatic carbocycles. The highest BCUT2D eigenvalue weighted by Gasteiger charge is 2.18. The van der Waals surface area contributed by atoms with Gasteiger partial charge in [-0.1, -0.05) is 43.8 Å². The van der Waals surface area contributed by atoms with Crippen molar-refractivity contribution < 1.29 is 14.3 Å². The van der Waals surface area contributed by atoms with Crippen LogP contribution in [0.3, 0.4) is 0 Å². The van der Waals surface area contributed by atoms with Crippen LogP contribution in [0.4, 0.5) is 0 Å². The molecule has 0 fully saturated rings. The third-order valence-corrected chi connectivity index (χ3v) is 2.70. The molecule has 4 nitrogen and oxygen atoms in total. The minimum atomic E-state index is -0.597. The second-order valence-electron chi connectivity index (χ2n) is 5.01. The number of esters is 1. The fourth-order valence-electron chi connectivity index (χ4n) is 1.67. The van der Waals surface area contributed by atoms with Crippen LogP contribution in [0.2, 0.25) is 0 Å². The summed E-state index contributed by atoms with van der Waals surface area (Å²) in [6.45, 7) is 8.82. The van der Waals surface area contributed by atoms with Crippen LogP contribution in [-0.2, 0) is 20.7 Å². The lowest BCUT2D eigenvalue weighted by Gasteiger charge is -2.14. The summed E-state index contributed by atoms with van der Waals surface area (Å²) in [7, 11) is 0. The Morgan fingerprint density at radius 1 is 1.20 bits per heavy atom. The maximum atomic E-state index is 12.0. The molecule has 0 bridgehead atoms. The van der Waals surface area contributed by atoms with Crippen molar-refractivity contribution >= 4 is 11.9 Å². The van der Waals surface area contributed by atoms with Crippen LogP contribution >= 0.6 is 0 Å². The van der Waals surface area contributed by atoms with Crippen molar-refractivity contribution in [3.05, 3.63) is 48.2 Å². The summed E-state index contributed by atoms with van der Waals surface area (Å²) in [6, 6.07) is 9.72. The highest BCUT2D eigenvalue weighted by molar-refractivity contribution is 5.93. The number of amides is 1. The molecular weight excluding hydrogens is 254 g/mol. The highest BCUT2D eigenvalue weighted by Crippen LogP contribution is 2.09. The summed E-state index contributed by atoms with van der Waals surface area (Å²) in [4.78, 5) is 23.5. The molecular formula is C16H21NO3. The largest absolute Gasteiger partial charge is 0.458 e. The van der Waals surface area contributed by atoms with E-state index in [0.29, 0.717) is 6.42 Å². The lowest BCUT2D eigenvalue weighted by molar-refractivity contribution is -0.144. The van der Waals surface area contributed by atoms with Crippen LogP contribution < -0.4 is 5.32 Å². The van der Waals surface area contributed by atoms with E-state index < -0.39 is 5.97 Å². The summed E-state index contributed by atoms with van der Waals surface area (Å²) in [5.74, 6) is -1.08. The zero-order chi connectivity index (χ0) is 15.1. The van der Waals surface area contributed by atoms with E-state index in [2.05, 4.69) is 11.9 Å². The zero-order valence-corrected chi connectivity index (χ0v) is 12.2. The first-order valence-electron chi connectivity index (χ1n) is 6.64. The summed E-state index contributed by atoms with van der Waals surface area (Å²) in [5.41, 5.74) is 1.05. The number of carbonyl (C=O) groups excluding carboxylic acids is 2. The molecule has 0 aromatic heterocycles. The van der Waals surface area contributed by atoms with Gasteiger partial charge in [0.2, 0.25) is 5.91 Å². The molecule has 0 aliphatic rings. The summed E-state index contributed by atoms with van der Waals surface area (Å²) >= 11 is 0. The molecule has 0 aliphatic heterocycles. The molecule has 4 heteroatoms. The molecule has 108 valence electrons. The minimum absolute atomic E-state index is 0.0244. The average molecular weight is 275 g/mol. The van der Waals surface area contributed by atoms with Gasteiger partial charge in [0.1, 0.15) is 5.70 Å². The van der Waals surface area contributed by atoms with E-state index in [4.69, 9.17) is 4.74 Å². The Morgan fingerprint density at radius 3 is 2.35 bits per heavy atom. The normalized spacial score (nSPS) is 11.8. The molecule has 1 atom stereocenters. The van der Waals surface area contributed by atoms with Gasteiger partial charge in [-0.25, -0.2) is 4.79 Å². The van der Waals surface area contributed by atoms with E-state index >= 15 is 0 Å². The predicted octanol–water partition coefficient (Wildman–Crippen LogP) is 2.45. The van der Waals surface area contributed by atoms with Gasteiger partial charge in [0.25, 0.3) is 0 Å². The van der Waals surface area contributed by atoms with Gasteiger partial charge in [-0.15, -0.1) is 0 Å². The van der Waals surface area contributed by atoms with Crippen LogP contribution in [-0.4, -0.2) is 18.0 Å². The molecule has 1 unspecified atom stereocenters. The van der Waals surface area contributed by atoms with Crippen molar-refractivity contribution in [2.75, 3.05) is 0 Å². The molecule has 0 aliphatic carbocycles. The SMILES string of the molecule is C=C(NC(=O)C(C)Cc1ccccc1)C(=O)OC(C)C. The van der Waals surface area contributed by atoms with Crippen molar-refractivity contribution in [2.24, 2.45) is 5.92 Å². The van der Waals surface area contributed by atoms with Gasteiger partial charge >= 0.3 is 5.97 Å². The third kappa shape index (κ3) is 5.26. The van der Waals surface area contributed by atoms with E-state index in [0.717, 1.165) is 5.56 Å². The second kappa shape index (κ2) is 7.48. The Morgan fingerprint density at radius 2 is 1.80 bits per heavy atom. The standard InChI is InChI=1S/C16H21NO3/c1-11(2)20-16(19)13(4)17-15(18)12(3)10-14-8-6-5-7-9-14/h5-9,11-12H,4,10H2,1-3H3,(H,17,18). The average Bonchev–Trinajstić information content (AvgIpc) is 2.38. The molecule has 1 rings (SSSR count). The highest BCUT2D eigenvalue weighted by atomic mass is 16.5. The van der Waals surface area contributed by atoms with Crippen LogP contribution in [0.5, 0.6) is 0 Å². The molecule has 20 heavy (non-hydrogen) atoms. The van der Waals surface area contributed by atoms with Crippen molar-refractivity contribution in [2.45, 2.75) is 33.3 Å². The first kappa shape index (κ1) is 16.0. The first-order valence-corrected chi connectivity index (χ1v) is 6.64. The van der Waals surface area contributed by atoms with Crippen molar-refractivity contribution in [1.29, 1.82) is 0 Å². The van der Waals surface area contributed by atoms with Gasteiger partial charge in [0, 0.05) is 5.92 Å². The molecule has 0 saturated carbocycles. The zero-order valence-electron chi connectivity index (χ0n) is 12.2. The van der Waals surface area contributed by atoms with Gasteiger partial charge < -0.3 is 10.1 Å². The quantitative estimate of drug-likeness (QED) is 0.641. The Labute approximate surface area is 119 Å². The summed E-state index contributed by atoms with van der Waals surface area (Å²) in [6.07, 6.45) is 0.372. The molecule has 0 spiro atoms. The van der Waals surface area contributed by atoms with Crippen LogP contribution in [0.1, 0.15) is 26.3 Å². The maximum absolute atomic E-state index is 12.0. The number of nitrogens with one attached hydrogen (secondary N) is 1. The van der Waals surface area contributed by atoms with Crippen molar-refractivity contribution in [3.8, 4) is 0 Å². The van der Waals surface area contributed by atoms with Gasteiger partial charge in [-0.2, -0.15) is 0 Å². The third-order valence-electron chi connectivity index (χ3n) is 2.70. The Kier molecular flexibility index (Phi) is 5.97. The second-order valence-corrected chi connectivity index (χ2v) is 5.01. The fraction of sp³-hybridized carbons (Fsp3) is 0.375. The van der Waals surface area contributed by atoms with Gasteiger partial charge in [0.15, 0.2) is 0 Å². The first-order chi connectivity index (χ1) is 9.40. The van der Waals surface area contributed by atoms with Crippen LogP contribution in [0, 0.1) is 5.92 Å². The van der Waals surface area contributed by atoms with Gasteiger partial charge in [-0.3, -0.25) is 4.79 Å². The molecule has 1 amide bonds. The number of rotatable bonds is 6. The Bertz CT molecular complexity index is 480.